The van der Waals surface area contributed by atoms with Crippen molar-refractivity contribution in [3.8, 4) is 0 Å². The minimum absolute atomic E-state index is 0.0991. The molecule has 0 spiro atoms. The van der Waals surface area contributed by atoms with E-state index < -0.39 is 10.0 Å². The molecule has 1 amide bonds. The van der Waals surface area contributed by atoms with Crippen molar-refractivity contribution in [1.29, 1.82) is 0 Å². The van der Waals surface area contributed by atoms with Crippen molar-refractivity contribution in [1.82, 2.24) is 14.5 Å². The molecule has 2 heterocycles. The van der Waals surface area contributed by atoms with Gasteiger partial charge in [-0.25, -0.2) is 8.42 Å². The summed E-state index contributed by atoms with van der Waals surface area (Å²) >= 11 is 0. The van der Waals surface area contributed by atoms with E-state index in [4.69, 9.17) is 0 Å². The molecule has 1 aromatic carbocycles. The molecule has 1 N–H and O–H groups in total. The van der Waals surface area contributed by atoms with Crippen molar-refractivity contribution in [3.05, 3.63) is 30.3 Å². The molecule has 0 radical (unpaired) electrons. The number of benzene rings is 1. The Morgan fingerprint density at radius 3 is 2.50 bits per heavy atom. The lowest BCUT2D eigenvalue weighted by atomic mass is 9.82. The summed E-state index contributed by atoms with van der Waals surface area (Å²) in [5, 5.41) is 3.06. The summed E-state index contributed by atoms with van der Waals surface area (Å²) in [4.78, 5) is 15.1. The van der Waals surface area contributed by atoms with Crippen LogP contribution in [0.3, 0.4) is 0 Å². The molecular weight excluding hydrogens is 374 g/mol. The molecule has 6 nitrogen and oxygen atoms in total. The fraction of sp³-hybridized carbons (Fsp3) is 0.667. The van der Waals surface area contributed by atoms with E-state index in [1.165, 1.54) is 12.8 Å². The van der Waals surface area contributed by atoms with Crippen LogP contribution < -0.4 is 5.32 Å². The van der Waals surface area contributed by atoms with Crippen LogP contribution in [-0.2, 0) is 14.8 Å². The molecule has 0 aromatic heterocycles. The second kappa shape index (κ2) is 9.85. The van der Waals surface area contributed by atoms with Gasteiger partial charge in [-0.15, -0.1) is 0 Å². The van der Waals surface area contributed by atoms with Gasteiger partial charge in [0.2, 0.25) is 15.9 Å². The van der Waals surface area contributed by atoms with E-state index in [1.54, 1.807) is 28.6 Å². The monoisotopic (exact) mass is 407 g/mol. The Morgan fingerprint density at radius 2 is 1.82 bits per heavy atom. The number of nitrogens with zero attached hydrogens (tertiary/aromatic N) is 2. The van der Waals surface area contributed by atoms with E-state index in [0.717, 1.165) is 32.5 Å². The largest absolute Gasteiger partial charge is 0.355 e. The highest BCUT2D eigenvalue weighted by Gasteiger charge is 2.35. The molecular formula is C21H33N3O3S. The summed E-state index contributed by atoms with van der Waals surface area (Å²) in [5.74, 6) is 0.567. The number of rotatable bonds is 8. The van der Waals surface area contributed by atoms with Gasteiger partial charge in [0.25, 0.3) is 0 Å². The summed E-state index contributed by atoms with van der Waals surface area (Å²) < 4.78 is 27.4. The summed E-state index contributed by atoms with van der Waals surface area (Å²) in [6, 6.07) is 8.63. The van der Waals surface area contributed by atoms with Gasteiger partial charge in [0.15, 0.2) is 0 Å². The zero-order chi connectivity index (χ0) is 20.0. The van der Waals surface area contributed by atoms with Crippen LogP contribution in [0.1, 0.15) is 39.0 Å². The Balaban J connectivity index is 1.50. The summed E-state index contributed by atoms with van der Waals surface area (Å²) in [5.41, 5.74) is 0. The quantitative estimate of drug-likeness (QED) is 0.718. The molecule has 2 atom stereocenters. The standard InChI is InChI=1S/C21H33N3O3S/c1-2-18-17-24(28(26,27)20-8-4-3-5-9-20)14-10-19(18)16-21(25)22-11-15-23-12-6-7-13-23/h3-5,8-9,18-19H,2,6-7,10-17H2,1H3,(H,22,25). The molecule has 2 saturated heterocycles. The minimum Gasteiger partial charge on any atom is -0.355 e. The van der Waals surface area contributed by atoms with Gasteiger partial charge in [0.1, 0.15) is 0 Å². The van der Waals surface area contributed by atoms with Crippen LogP contribution in [-0.4, -0.2) is 62.8 Å². The Kier molecular flexibility index (Phi) is 7.48. The van der Waals surface area contributed by atoms with E-state index in [-0.39, 0.29) is 17.7 Å². The second-order valence-corrected chi connectivity index (χ2v) is 9.93. The van der Waals surface area contributed by atoms with Crippen molar-refractivity contribution in [2.45, 2.75) is 43.9 Å². The molecule has 28 heavy (non-hydrogen) atoms. The number of sulfonamides is 1. The van der Waals surface area contributed by atoms with Gasteiger partial charge in [0, 0.05) is 32.6 Å². The average Bonchev–Trinajstić information content (AvgIpc) is 3.22. The van der Waals surface area contributed by atoms with E-state index in [1.807, 2.05) is 6.07 Å². The molecule has 2 fully saturated rings. The number of amides is 1. The van der Waals surface area contributed by atoms with Gasteiger partial charge in [-0.05, 0) is 56.3 Å². The third-order valence-corrected chi connectivity index (χ3v) is 8.04. The highest BCUT2D eigenvalue weighted by Crippen LogP contribution is 2.31. The van der Waals surface area contributed by atoms with Crippen LogP contribution >= 0.6 is 0 Å². The van der Waals surface area contributed by atoms with E-state index >= 15 is 0 Å². The van der Waals surface area contributed by atoms with Crippen molar-refractivity contribution >= 4 is 15.9 Å². The highest BCUT2D eigenvalue weighted by molar-refractivity contribution is 7.89. The van der Waals surface area contributed by atoms with Gasteiger partial charge < -0.3 is 10.2 Å². The average molecular weight is 408 g/mol. The van der Waals surface area contributed by atoms with Crippen molar-refractivity contribution in [3.63, 3.8) is 0 Å². The van der Waals surface area contributed by atoms with Crippen LogP contribution in [0.25, 0.3) is 0 Å². The first-order chi connectivity index (χ1) is 13.5. The first-order valence-corrected chi connectivity index (χ1v) is 12.0. The summed E-state index contributed by atoms with van der Waals surface area (Å²) in [6.45, 7) is 6.98. The number of nitrogens with one attached hydrogen (secondary N) is 1. The first kappa shape index (κ1) is 21.3. The Hall–Kier alpha value is -1.44. The number of likely N-dealkylation sites (tertiary alicyclic amines) is 1. The number of piperidine rings is 1. The van der Waals surface area contributed by atoms with Crippen LogP contribution in [0.2, 0.25) is 0 Å². The number of carbonyl (C=O) groups excluding carboxylic acids is 1. The van der Waals surface area contributed by atoms with Gasteiger partial charge in [0.05, 0.1) is 4.90 Å². The van der Waals surface area contributed by atoms with E-state index in [0.29, 0.717) is 31.0 Å². The van der Waals surface area contributed by atoms with E-state index in [9.17, 15) is 13.2 Å². The van der Waals surface area contributed by atoms with E-state index in [2.05, 4.69) is 17.1 Å². The molecule has 0 bridgehead atoms. The third-order valence-electron chi connectivity index (χ3n) is 6.16. The van der Waals surface area contributed by atoms with Crippen molar-refractivity contribution in [2.24, 2.45) is 11.8 Å². The molecule has 0 aliphatic carbocycles. The molecule has 2 unspecified atom stereocenters. The predicted molar refractivity (Wildman–Crippen MR) is 110 cm³/mol. The molecule has 3 rings (SSSR count). The zero-order valence-electron chi connectivity index (χ0n) is 16.8. The topological polar surface area (TPSA) is 69.7 Å². The predicted octanol–water partition coefficient (Wildman–Crippen LogP) is 2.33. The Bertz CT molecular complexity index is 733. The molecule has 2 aliphatic rings. The van der Waals surface area contributed by atoms with Crippen LogP contribution in [0, 0.1) is 11.8 Å². The maximum absolute atomic E-state index is 12.9. The van der Waals surface area contributed by atoms with Crippen molar-refractivity contribution in [2.75, 3.05) is 39.3 Å². The number of carbonyl (C=O) groups is 1. The second-order valence-electron chi connectivity index (χ2n) is 8.00. The third kappa shape index (κ3) is 5.33. The fourth-order valence-corrected chi connectivity index (χ4v) is 5.94. The normalized spacial score (nSPS) is 24.3. The lowest BCUT2D eigenvalue weighted by Gasteiger charge is -2.37. The van der Waals surface area contributed by atoms with Crippen LogP contribution in [0.15, 0.2) is 35.2 Å². The maximum atomic E-state index is 12.9. The van der Waals surface area contributed by atoms with Crippen LogP contribution in [0.5, 0.6) is 0 Å². The summed E-state index contributed by atoms with van der Waals surface area (Å²) in [6.07, 6.45) is 4.64. The summed E-state index contributed by atoms with van der Waals surface area (Å²) in [7, 11) is -3.45. The van der Waals surface area contributed by atoms with Crippen LogP contribution in [0.4, 0.5) is 0 Å². The smallest absolute Gasteiger partial charge is 0.243 e. The molecule has 2 aliphatic heterocycles. The molecule has 1 aromatic rings. The van der Waals surface area contributed by atoms with Gasteiger partial charge in [-0.1, -0.05) is 31.5 Å². The number of hydrogen-bond donors (Lipinski definition) is 1. The van der Waals surface area contributed by atoms with Crippen molar-refractivity contribution < 1.29 is 13.2 Å². The first-order valence-electron chi connectivity index (χ1n) is 10.5. The molecule has 0 saturated carbocycles. The highest BCUT2D eigenvalue weighted by atomic mass is 32.2. The molecule has 7 heteroatoms. The zero-order valence-corrected chi connectivity index (χ0v) is 17.7. The lowest BCUT2D eigenvalue weighted by Crippen LogP contribution is -2.45. The molecule has 156 valence electrons. The SMILES string of the molecule is CCC1CN(S(=O)(=O)c2ccccc2)CCC1CC(=O)NCCN1CCCC1. The van der Waals surface area contributed by atoms with Gasteiger partial charge in [-0.3, -0.25) is 4.79 Å². The fourth-order valence-electron chi connectivity index (χ4n) is 4.41. The lowest BCUT2D eigenvalue weighted by molar-refractivity contribution is -0.122. The van der Waals surface area contributed by atoms with Gasteiger partial charge in [-0.2, -0.15) is 4.31 Å². The Morgan fingerprint density at radius 1 is 1.11 bits per heavy atom. The number of hydrogen-bond acceptors (Lipinski definition) is 4. The minimum atomic E-state index is -3.45. The van der Waals surface area contributed by atoms with Gasteiger partial charge >= 0.3 is 0 Å². The Labute approximate surface area is 169 Å². The maximum Gasteiger partial charge on any atom is 0.243 e.